The SMILES string of the molecule is COc1cc(Nc2nc(Oc3cccc(NC(C)=O)c3)c3sccc3n2)ccc1C(=O)NC1CCN(C)CC1. The van der Waals surface area contributed by atoms with Gasteiger partial charge in [-0.3, -0.25) is 9.59 Å². The number of benzene rings is 2. The lowest BCUT2D eigenvalue weighted by atomic mass is 10.0. The fourth-order valence-electron chi connectivity index (χ4n) is 4.42. The van der Waals surface area contributed by atoms with Gasteiger partial charge in [-0.25, -0.2) is 4.98 Å². The van der Waals surface area contributed by atoms with Crippen molar-refractivity contribution in [1.29, 1.82) is 0 Å². The van der Waals surface area contributed by atoms with Crippen LogP contribution in [0.5, 0.6) is 17.4 Å². The first kappa shape index (κ1) is 26.4. The number of anilines is 3. The average molecular weight is 547 g/mol. The number of hydrogen-bond donors (Lipinski definition) is 3. The topological polar surface area (TPSA) is 118 Å². The minimum Gasteiger partial charge on any atom is -0.496 e. The Bertz CT molecular complexity index is 1500. The molecule has 2 aromatic carbocycles. The minimum atomic E-state index is -0.165. The van der Waals surface area contributed by atoms with Crippen LogP contribution in [0.2, 0.25) is 0 Å². The lowest BCUT2D eigenvalue weighted by molar-refractivity contribution is -0.114. The van der Waals surface area contributed by atoms with Gasteiger partial charge in [0.05, 0.1) is 18.2 Å². The fraction of sp³-hybridized carbons (Fsp3) is 0.286. The highest BCUT2D eigenvalue weighted by Crippen LogP contribution is 2.34. The Balaban J connectivity index is 1.35. The molecule has 1 fully saturated rings. The highest BCUT2D eigenvalue weighted by Gasteiger charge is 2.21. The van der Waals surface area contributed by atoms with Crippen molar-refractivity contribution in [2.75, 3.05) is 37.9 Å². The summed E-state index contributed by atoms with van der Waals surface area (Å²) < 4.78 is 12.5. The molecule has 0 atom stereocenters. The zero-order chi connectivity index (χ0) is 27.4. The number of amides is 2. The molecule has 0 unspecified atom stereocenters. The molecule has 0 spiro atoms. The molecule has 0 aliphatic carbocycles. The Labute approximate surface area is 230 Å². The number of methoxy groups -OCH3 is 1. The van der Waals surface area contributed by atoms with Crippen molar-refractivity contribution in [3.63, 3.8) is 0 Å². The Morgan fingerprint density at radius 1 is 1.05 bits per heavy atom. The van der Waals surface area contributed by atoms with Gasteiger partial charge >= 0.3 is 0 Å². The van der Waals surface area contributed by atoms with E-state index < -0.39 is 0 Å². The number of fused-ring (bicyclic) bond motifs is 1. The molecule has 0 radical (unpaired) electrons. The van der Waals surface area contributed by atoms with Gasteiger partial charge in [0, 0.05) is 36.5 Å². The highest BCUT2D eigenvalue weighted by atomic mass is 32.1. The number of thiophene rings is 1. The minimum absolute atomic E-state index is 0.152. The maximum atomic E-state index is 13.0. The zero-order valence-corrected chi connectivity index (χ0v) is 22.8. The van der Waals surface area contributed by atoms with Crippen LogP contribution in [-0.4, -0.2) is 60.0 Å². The molecule has 3 heterocycles. The summed E-state index contributed by atoms with van der Waals surface area (Å²) in [5, 5.41) is 11.0. The number of rotatable bonds is 8. The van der Waals surface area contributed by atoms with E-state index in [2.05, 4.69) is 37.9 Å². The van der Waals surface area contributed by atoms with E-state index in [1.54, 1.807) is 49.6 Å². The third kappa shape index (κ3) is 6.44. The van der Waals surface area contributed by atoms with E-state index in [4.69, 9.17) is 9.47 Å². The smallest absolute Gasteiger partial charge is 0.255 e. The maximum Gasteiger partial charge on any atom is 0.255 e. The molecule has 39 heavy (non-hydrogen) atoms. The molecule has 0 bridgehead atoms. The average Bonchev–Trinajstić information content (AvgIpc) is 3.39. The summed E-state index contributed by atoms with van der Waals surface area (Å²) in [6.07, 6.45) is 1.85. The van der Waals surface area contributed by atoms with Crippen LogP contribution in [0, 0.1) is 0 Å². The second-order valence-electron chi connectivity index (χ2n) is 9.39. The number of carbonyl (C=O) groups is 2. The number of ether oxygens (including phenoxy) is 2. The second-order valence-corrected chi connectivity index (χ2v) is 10.3. The molecular formula is C28H30N6O4S. The van der Waals surface area contributed by atoms with Crippen LogP contribution in [0.1, 0.15) is 30.1 Å². The van der Waals surface area contributed by atoms with Gasteiger partial charge in [0.1, 0.15) is 16.2 Å². The lowest BCUT2D eigenvalue weighted by Gasteiger charge is -2.29. The van der Waals surface area contributed by atoms with Gasteiger partial charge < -0.3 is 30.3 Å². The fourth-order valence-corrected chi connectivity index (χ4v) is 5.17. The van der Waals surface area contributed by atoms with E-state index in [9.17, 15) is 9.59 Å². The first-order chi connectivity index (χ1) is 18.9. The van der Waals surface area contributed by atoms with Crippen LogP contribution < -0.4 is 25.4 Å². The summed E-state index contributed by atoms with van der Waals surface area (Å²) in [5.74, 6) is 1.39. The molecule has 10 nitrogen and oxygen atoms in total. The summed E-state index contributed by atoms with van der Waals surface area (Å²) in [5.41, 5.74) is 2.49. The van der Waals surface area contributed by atoms with Crippen molar-refractivity contribution in [3.8, 4) is 17.4 Å². The molecule has 202 valence electrons. The number of nitrogens with zero attached hydrogens (tertiary/aromatic N) is 3. The van der Waals surface area contributed by atoms with Gasteiger partial charge in [-0.1, -0.05) is 6.07 Å². The van der Waals surface area contributed by atoms with Crippen molar-refractivity contribution < 1.29 is 19.1 Å². The number of hydrogen-bond acceptors (Lipinski definition) is 9. The lowest BCUT2D eigenvalue weighted by Crippen LogP contribution is -2.43. The number of carbonyl (C=O) groups excluding carboxylic acids is 2. The Hall–Kier alpha value is -4.22. The number of aromatic nitrogens is 2. The molecule has 1 saturated heterocycles. The van der Waals surface area contributed by atoms with Crippen LogP contribution in [-0.2, 0) is 4.79 Å². The molecule has 1 aliphatic rings. The van der Waals surface area contributed by atoms with E-state index in [-0.39, 0.29) is 17.9 Å². The van der Waals surface area contributed by atoms with Crippen molar-refractivity contribution in [3.05, 3.63) is 59.5 Å². The molecule has 5 rings (SSSR count). The number of piperidine rings is 1. The molecule has 4 aromatic rings. The van der Waals surface area contributed by atoms with E-state index in [1.807, 2.05) is 11.4 Å². The molecule has 2 amide bonds. The molecule has 1 aliphatic heterocycles. The Morgan fingerprint density at radius 2 is 1.87 bits per heavy atom. The third-order valence-corrected chi connectivity index (χ3v) is 7.29. The zero-order valence-electron chi connectivity index (χ0n) is 22.0. The van der Waals surface area contributed by atoms with Crippen molar-refractivity contribution in [2.24, 2.45) is 0 Å². The predicted octanol–water partition coefficient (Wildman–Crippen LogP) is 5.02. The van der Waals surface area contributed by atoms with Gasteiger partial charge in [0.15, 0.2) is 0 Å². The van der Waals surface area contributed by atoms with Gasteiger partial charge in [-0.2, -0.15) is 4.98 Å². The number of nitrogens with one attached hydrogen (secondary N) is 3. The number of likely N-dealkylation sites (tertiary alicyclic amines) is 1. The second kappa shape index (κ2) is 11.7. The van der Waals surface area contributed by atoms with Crippen molar-refractivity contribution in [1.82, 2.24) is 20.2 Å². The molecule has 0 saturated carbocycles. The molecule has 3 N–H and O–H groups in total. The monoisotopic (exact) mass is 546 g/mol. The normalized spacial score (nSPS) is 14.1. The maximum absolute atomic E-state index is 13.0. The van der Waals surface area contributed by atoms with Gasteiger partial charge in [-0.05, 0) is 68.7 Å². The van der Waals surface area contributed by atoms with Crippen LogP contribution in [0.3, 0.4) is 0 Å². The largest absolute Gasteiger partial charge is 0.496 e. The molecular weight excluding hydrogens is 516 g/mol. The van der Waals surface area contributed by atoms with E-state index >= 15 is 0 Å². The van der Waals surface area contributed by atoms with Gasteiger partial charge in [0.25, 0.3) is 5.91 Å². The van der Waals surface area contributed by atoms with Crippen LogP contribution in [0.4, 0.5) is 17.3 Å². The van der Waals surface area contributed by atoms with Crippen molar-refractivity contribution >= 4 is 50.7 Å². The van der Waals surface area contributed by atoms with E-state index in [1.165, 1.54) is 18.3 Å². The van der Waals surface area contributed by atoms with Crippen LogP contribution in [0.25, 0.3) is 10.2 Å². The summed E-state index contributed by atoms with van der Waals surface area (Å²) in [7, 11) is 3.63. The highest BCUT2D eigenvalue weighted by molar-refractivity contribution is 7.17. The van der Waals surface area contributed by atoms with E-state index in [0.29, 0.717) is 40.3 Å². The molecule has 11 heteroatoms. The van der Waals surface area contributed by atoms with E-state index in [0.717, 1.165) is 36.1 Å². The summed E-state index contributed by atoms with van der Waals surface area (Å²) >= 11 is 1.47. The summed E-state index contributed by atoms with van der Waals surface area (Å²) in [6.45, 7) is 3.38. The van der Waals surface area contributed by atoms with Crippen LogP contribution in [0.15, 0.2) is 53.9 Å². The predicted molar refractivity (Wildman–Crippen MR) is 152 cm³/mol. The summed E-state index contributed by atoms with van der Waals surface area (Å²) in [6, 6.07) is 14.4. The van der Waals surface area contributed by atoms with Gasteiger partial charge in [0.2, 0.25) is 17.7 Å². The van der Waals surface area contributed by atoms with Crippen LogP contribution >= 0.6 is 11.3 Å². The standard InChI is InChI=1S/C28H30N6O4S/c1-17(35)29-19-5-4-6-21(15-19)38-27-25-23(11-14-39-25)32-28(33-27)31-20-7-8-22(24(16-20)37-3)26(36)30-18-9-12-34(2)13-10-18/h4-8,11,14-16,18H,9-10,12-13H2,1-3H3,(H,29,35)(H,30,36)(H,31,32,33). The third-order valence-electron chi connectivity index (χ3n) is 6.40. The first-order valence-electron chi connectivity index (χ1n) is 12.6. The Kier molecular flexibility index (Phi) is 7.89. The van der Waals surface area contributed by atoms with Gasteiger partial charge in [-0.15, -0.1) is 11.3 Å². The van der Waals surface area contributed by atoms with Crippen molar-refractivity contribution in [2.45, 2.75) is 25.8 Å². The summed E-state index contributed by atoms with van der Waals surface area (Å²) in [4.78, 5) is 35.9. The molecule has 2 aromatic heterocycles. The quantitative estimate of drug-likeness (QED) is 0.282. The Morgan fingerprint density at radius 3 is 2.64 bits per heavy atom. The first-order valence-corrected chi connectivity index (χ1v) is 13.5.